The van der Waals surface area contributed by atoms with Gasteiger partial charge in [-0.2, -0.15) is 0 Å². The van der Waals surface area contributed by atoms with Crippen molar-refractivity contribution in [2.45, 2.75) is 26.8 Å². The summed E-state index contributed by atoms with van der Waals surface area (Å²) in [6, 6.07) is 5.09. The van der Waals surface area contributed by atoms with E-state index >= 15 is 0 Å². The second kappa shape index (κ2) is 5.03. The molecule has 0 amide bonds. The Hall–Kier alpha value is -2.11. The van der Waals surface area contributed by atoms with Crippen LogP contribution in [0.5, 0.6) is 0 Å². The molecule has 0 aromatic heterocycles. The molecule has 0 unspecified atom stereocenters. The summed E-state index contributed by atoms with van der Waals surface area (Å²) in [6.07, 6.45) is 0. The number of nitro groups is 1. The van der Waals surface area contributed by atoms with E-state index < -0.39 is 22.3 Å². The van der Waals surface area contributed by atoms with Crippen molar-refractivity contribution in [2.24, 2.45) is 5.41 Å². The third-order valence-electron chi connectivity index (χ3n) is 2.51. The van der Waals surface area contributed by atoms with Crippen LogP contribution in [0.2, 0.25) is 0 Å². The normalized spacial score (nSPS) is 12.8. The lowest BCUT2D eigenvalue weighted by molar-refractivity contribution is -0.384. The second-order valence-corrected chi connectivity index (χ2v) is 5.06. The SMILES string of the molecule is CC(C)(C)[C@H](Nc1ccccc1[N+](=O)[O-])C(=O)O. The van der Waals surface area contributed by atoms with Gasteiger partial charge in [0.25, 0.3) is 5.69 Å². The Morgan fingerprint density at radius 1 is 1.39 bits per heavy atom. The number of nitrogens with zero attached hydrogens (tertiary/aromatic N) is 1. The molecule has 0 bridgehead atoms. The number of nitro benzene ring substituents is 1. The first-order valence-corrected chi connectivity index (χ1v) is 5.46. The van der Waals surface area contributed by atoms with Crippen molar-refractivity contribution in [1.29, 1.82) is 0 Å². The molecule has 2 N–H and O–H groups in total. The van der Waals surface area contributed by atoms with Crippen LogP contribution in [0, 0.1) is 15.5 Å². The molecule has 6 nitrogen and oxygen atoms in total. The van der Waals surface area contributed by atoms with Crippen LogP contribution in [0.4, 0.5) is 11.4 Å². The monoisotopic (exact) mass is 252 g/mol. The van der Waals surface area contributed by atoms with Gasteiger partial charge in [-0.05, 0) is 11.5 Å². The number of hydrogen-bond donors (Lipinski definition) is 2. The Balaban J connectivity index is 3.09. The van der Waals surface area contributed by atoms with Crippen LogP contribution >= 0.6 is 0 Å². The molecule has 1 rings (SSSR count). The molecular formula is C12H16N2O4. The molecule has 0 fully saturated rings. The predicted octanol–water partition coefficient (Wildman–Crippen LogP) is 2.51. The molecule has 1 aromatic rings. The van der Waals surface area contributed by atoms with Gasteiger partial charge in [-0.15, -0.1) is 0 Å². The molecule has 0 heterocycles. The number of carboxylic acid groups (broad SMARTS) is 1. The lowest BCUT2D eigenvalue weighted by atomic mass is 9.86. The van der Waals surface area contributed by atoms with Gasteiger partial charge in [0.15, 0.2) is 0 Å². The van der Waals surface area contributed by atoms with Gasteiger partial charge >= 0.3 is 5.97 Å². The van der Waals surface area contributed by atoms with Crippen LogP contribution in [0.3, 0.4) is 0 Å². The molecule has 0 spiro atoms. The van der Waals surface area contributed by atoms with Gasteiger partial charge in [0.2, 0.25) is 0 Å². The quantitative estimate of drug-likeness (QED) is 0.634. The number of benzene rings is 1. The van der Waals surface area contributed by atoms with E-state index in [0.717, 1.165) is 0 Å². The Bertz CT molecular complexity index is 465. The van der Waals surface area contributed by atoms with Crippen molar-refractivity contribution in [3.05, 3.63) is 34.4 Å². The summed E-state index contributed by atoms with van der Waals surface area (Å²) in [4.78, 5) is 21.5. The number of carboxylic acids is 1. The maximum Gasteiger partial charge on any atom is 0.326 e. The standard InChI is InChI=1S/C12H16N2O4/c1-12(2,3)10(11(15)16)13-8-6-4-5-7-9(8)14(17)18/h4-7,10,13H,1-3H3,(H,15,16)/t10-/m1/s1. The van der Waals surface area contributed by atoms with Crippen LogP contribution in [0.25, 0.3) is 0 Å². The first kappa shape index (κ1) is 14.0. The zero-order chi connectivity index (χ0) is 13.9. The van der Waals surface area contributed by atoms with E-state index in [2.05, 4.69) is 5.32 Å². The molecule has 1 aromatic carbocycles. The topological polar surface area (TPSA) is 92.5 Å². The van der Waals surface area contributed by atoms with E-state index in [1.807, 2.05) is 0 Å². The van der Waals surface area contributed by atoms with Gasteiger partial charge in [-0.3, -0.25) is 10.1 Å². The van der Waals surface area contributed by atoms with Crippen molar-refractivity contribution >= 4 is 17.3 Å². The second-order valence-electron chi connectivity index (χ2n) is 5.06. The van der Waals surface area contributed by atoms with Crippen LogP contribution in [0.15, 0.2) is 24.3 Å². The van der Waals surface area contributed by atoms with Crippen molar-refractivity contribution in [2.75, 3.05) is 5.32 Å². The highest BCUT2D eigenvalue weighted by Gasteiger charge is 2.32. The van der Waals surface area contributed by atoms with E-state index in [0.29, 0.717) is 0 Å². The number of rotatable bonds is 4. The minimum atomic E-state index is -1.04. The predicted molar refractivity (Wildman–Crippen MR) is 67.6 cm³/mol. The summed E-state index contributed by atoms with van der Waals surface area (Å²) < 4.78 is 0. The highest BCUT2D eigenvalue weighted by molar-refractivity contribution is 5.79. The minimum absolute atomic E-state index is 0.131. The summed E-state index contributed by atoms with van der Waals surface area (Å²) in [5, 5.41) is 22.7. The minimum Gasteiger partial charge on any atom is -0.480 e. The van der Waals surface area contributed by atoms with E-state index in [4.69, 9.17) is 5.11 Å². The van der Waals surface area contributed by atoms with Gasteiger partial charge in [0.1, 0.15) is 11.7 Å². The van der Waals surface area contributed by atoms with Gasteiger partial charge in [0.05, 0.1) is 4.92 Å². The van der Waals surface area contributed by atoms with Gasteiger partial charge in [0, 0.05) is 6.07 Å². The van der Waals surface area contributed by atoms with Crippen molar-refractivity contribution in [1.82, 2.24) is 0 Å². The molecule has 0 aliphatic carbocycles. The lowest BCUT2D eigenvalue weighted by Crippen LogP contribution is -2.41. The van der Waals surface area contributed by atoms with Crippen molar-refractivity contribution < 1.29 is 14.8 Å². The number of carbonyl (C=O) groups is 1. The van der Waals surface area contributed by atoms with Crippen molar-refractivity contribution in [3.63, 3.8) is 0 Å². The molecule has 6 heteroatoms. The number of nitrogens with one attached hydrogen (secondary N) is 1. The number of hydrogen-bond acceptors (Lipinski definition) is 4. The summed E-state index contributed by atoms with van der Waals surface area (Å²) >= 11 is 0. The number of para-hydroxylation sites is 2. The summed E-state index contributed by atoms with van der Waals surface area (Å²) in [5.74, 6) is -1.04. The molecule has 18 heavy (non-hydrogen) atoms. The average molecular weight is 252 g/mol. The maximum atomic E-state index is 11.2. The van der Waals surface area contributed by atoms with Gasteiger partial charge < -0.3 is 10.4 Å². The zero-order valence-electron chi connectivity index (χ0n) is 10.5. The molecular weight excluding hydrogens is 236 g/mol. The Kier molecular flexibility index (Phi) is 3.90. The number of anilines is 1. The third kappa shape index (κ3) is 3.19. The molecule has 0 saturated heterocycles. The van der Waals surface area contributed by atoms with Crippen LogP contribution in [-0.2, 0) is 4.79 Å². The van der Waals surface area contributed by atoms with Crippen LogP contribution in [-0.4, -0.2) is 22.0 Å². The lowest BCUT2D eigenvalue weighted by Gasteiger charge is -2.28. The fourth-order valence-corrected chi connectivity index (χ4v) is 1.56. The van der Waals surface area contributed by atoms with Crippen LogP contribution < -0.4 is 5.32 Å². The Labute approximate surface area is 105 Å². The summed E-state index contributed by atoms with van der Waals surface area (Å²) in [7, 11) is 0. The van der Waals surface area contributed by atoms with E-state index in [-0.39, 0.29) is 11.4 Å². The first-order chi connectivity index (χ1) is 8.23. The summed E-state index contributed by atoms with van der Waals surface area (Å²) in [5.41, 5.74) is -0.479. The fourth-order valence-electron chi connectivity index (χ4n) is 1.56. The smallest absolute Gasteiger partial charge is 0.326 e. The van der Waals surface area contributed by atoms with Gasteiger partial charge in [-0.25, -0.2) is 4.79 Å². The largest absolute Gasteiger partial charge is 0.480 e. The van der Waals surface area contributed by atoms with E-state index in [1.165, 1.54) is 18.2 Å². The molecule has 0 radical (unpaired) electrons. The first-order valence-electron chi connectivity index (χ1n) is 5.46. The summed E-state index contributed by atoms with van der Waals surface area (Å²) in [6.45, 7) is 5.27. The molecule has 0 saturated carbocycles. The van der Waals surface area contributed by atoms with E-state index in [9.17, 15) is 14.9 Å². The van der Waals surface area contributed by atoms with Crippen LogP contribution in [0.1, 0.15) is 20.8 Å². The highest BCUT2D eigenvalue weighted by atomic mass is 16.6. The molecule has 0 aliphatic rings. The fraction of sp³-hybridized carbons (Fsp3) is 0.417. The average Bonchev–Trinajstić information content (AvgIpc) is 2.24. The molecule has 1 atom stereocenters. The zero-order valence-corrected chi connectivity index (χ0v) is 10.5. The van der Waals surface area contributed by atoms with Crippen molar-refractivity contribution in [3.8, 4) is 0 Å². The molecule has 0 aliphatic heterocycles. The Morgan fingerprint density at radius 3 is 2.39 bits per heavy atom. The van der Waals surface area contributed by atoms with Gasteiger partial charge in [-0.1, -0.05) is 32.9 Å². The maximum absolute atomic E-state index is 11.2. The Morgan fingerprint density at radius 2 is 1.94 bits per heavy atom. The van der Waals surface area contributed by atoms with E-state index in [1.54, 1.807) is 26.8 Å². The third-order valence-corrected chi connectivity index (χ3v) is 2.51. The molecule has 98 valence electrons. The highest BCUT2D eigenvalue weighted by Crippen LogP contribution is 2.28. The number of aliphatic carboxylic acids is 1.